The first-order valence-electron chi connectivity index (χ1n) is 8.87. The van der Waals surface area contributed by atoms with Crippen LogP contribution in [0, 0.1) is 10.7 Å². The molecule has 0 fully saturated rings. The van der Waals surface area contributed by atoms with Crippen LogP contribution in [-0.4, -0.2) is 15.0 Å². The molecule has 4 rings (SSSR count). The van der Waals surface area contributed by atoms with Crippen LogP contribution in [0.4, 0.5) is 34.9 Å². The minimum Gasteiger partial charge on any atom is -0.324 e. The van der Waals surface area contributed by atoms with Gasteiger partial charge in [0.25, 0.3) is 0 Å². The molecule has 4 aromatic rings. The van der Waals surface area contributed by atoms with Crippen molar-refractivity contribution in [1.82, 2.24) is 15.0 Å². The molecule has 0 saturated carbocycles. The number of anilines is 6. The lowest BCUT2D eigenvalue weighted by atomic mass is 10.3. The van der Waals surface area contributed by atoms with Crippen molar-refractivity contribution in [3.8, 4) is 0 Å². The van der Waals surface area contributed by atoms with Gasteiger partial charge in [-0.05, 0) is 141 Å². The van der Waals surface area contributed by atoms with Gasteiger partial charge in [-0.25, -0.2) is 0 Å². The summed E-state index contributed by atoms with van der Waals surface area (Å²) in [5.41, 5.74) is 2.71. The molecule has 3 N–H and O–H groups in total. The monoisotopic (exact) mass is 732 g/mol. The largest absolute Gasteiger partial charge is 0.324 e. The van der Waals surface area contributed by atoms with Gasteiger partial charge in [-0.15, -0.1) is 0 Å². The second-order valence-corrected chi connectivity index (χ2v) is 9.94. The molecular weight excluding hydrogens is 717 g/mol. The summed E-state index contributed by atoms with van der Waals surface area (Å²) in [4.78, 5) is 13.6. The van der Waals surface area contributed by atoms with Crippen molar-refractivity contribution in [1.29, 1.82) is 0 Å². The number of aromatic nitrogens is 3. The quantitative estimate of drug-likeness (QED) is 0.187. The third-order valence-corrected chi connectivity index (χ3v) is 6.09. The van der Waals surface area contributed by atoms with E-state index in [-0.39, 0.29) is 0 Å². The molecule has 3 aromatic carbocycles. The molecular formula is C21H15I3N6. The van der Waals surface area contributed by atoms with Gasteiger partial charge in [0.05, 0.1) is 0 Å². The summed E-state index contributed by atoms with van der Waals surface area (Å²) < 4.78 is 3.49. The van der Waals surface area contributed by atoms with E-state index in [9.17, 15) is 0 Å². The molecule has 9 heteroatoms. The van der Waals surface area contributed by atoms with Crippen molar-refractivity contribution in [2.45, 2.75) is 0 Å². The summed E-state index contributed by atoms with van der Waals surface area (Å²) >= 11 is 6.83. The van der Waals surface area contributed by atoms with Gasteiger partial charge < -0.3 is 16.0 Å². The van der Waals surface area contributed by atoms with Crippen molar-refractivity contribution in [2.75, 3.05) is 16.0 Å². The lowest BCUT2D eigenvalue weighted by Crippen LogP contribution is -2.07. The molecule has 0 saturated heterocycles. The summed E-state index contributed by atoms with van der Waals surface area (Å²) in [7, 11) is 0. The van der Waals surface area contributed by atoms with Crippen molar-refractivity contribution in [3.05, 3.63) is 83.5 Å². The molecule has 1 aromatic heterocycles. The van der Waals surface area contributed by atoms with Gasteiger partial charge in [0.2, 0.25) is 17.8 Å². The summed E-state index contributed by atoms with van der Waals surface area (Å²) in [6.45, 7) is 0. The molecule has 0 radical (unpaired) electrons. The molecule has 0 aliphatic rings. The zero-order chi connectivity index (χ0) is 20.9. The van der Waals surface area contributed by atoms with Crippen LogP contribution in [0.25, 0.3) is 0 Å². The standard InChI is InChI=1S/C21H15I3N6/c22-13-1-7-16(8-2-13)25-19-28-20(26-17-9-3-14(23)4-10-17)30-21(29-19)27-18-11-5-15(24)6-12-18/h1-12H,(H3,25,26,27,28,29,30). The average Bonchev–Trinajstić information content (AvgIpc) is 2.73. The summed E-state index contributed by atoms with van der Waals surface area (Å²) in [5.74, 6) is 1.35. The van der Waals surface area contributed by atoms with Crippen LogP contribution < -0.4 is 16.0 Å². The van der Waals surface area contributed by atoms with Gasteiger partial charge in [0.15, 0.2) is 0 Å². The van der Waals surface area contributed by atoms with Gasteiger partial charge in [0.1, 0.15) is 0 Å². The van der Waals surface area contributed by atoms with Crippen LogP contribution in [0.2, 0.25) is 0 Å². The Morgan fingerprint density at radius 1 is 0.400 bits per heavy atom. The highest BCUT2D eigenvalue weighted by Crippen LogP contribution is 2.22. The topological polar surface area (TPSA) is 74.8 Å². The first-order valence-corrected chi connectivity index (χ1v) is 12.1. The van der Waals surface area contributed by atoms with E-state index < -0.39 is 0 Å². The van der Waals surface area contributed by atoms with E-state index in [0.29, 0.717) is 17.8 Å². The summed E-state index contributed by atoms with van der Waals surface area (Å²) in [6.07, 6.45) is 0. The summed E-state index contributed by atoms with van der Waals surface area (Å²) in [6, 6.07) is 24.1. The third kappa shape index (κ3) is 6.14. The fraction of sp³-hybridized carbons (Fsp3) is 0. The van der Waals surface area contributed by atoms with E-state index in [2.05, 4.69) is 98.7 Å². The third-order valence-electron chi connectivity index (χ3n) is 3.94. The lowest BCUT2D eigenvalue weighted by Gasteiger charge is -2.12. The van der Waals surface area contributed by atoms with Crippen molar-refractivity contribution < 1.29 is 0 Å². The number of hydrogen-bond donors (Lipinski definition) is 3. The van der Waals surface area contributed by atoms with E-state index in [1.54, 1.807) is 0 Å². The molecule has 0 atom stereocenters. The van der Waals surface area contributed by atoms with Gasteiger partial charge in [-0.2, -0.15) is 15.0 Å². The molecule has 0 bridgehead atoms. The number of nitrogens with zero attached hydrogens (tertiary/aromatic N) is 3. The van der Waals surface area contributed by atoms with Crippen LogP contribution >= 0.6 is 67.8 Å². The minimum atomic E-state index is 0.451. The molecule has 0 spiro atoms. The fourth-order valence-corrected chi connectivity index (χ4v) is 3.61. The number of rotatable bonds is 6. The van der Waals surface area contributed by atoms with Gasteiger partial charge in [0, 0.05) is 27.8 Å². The maximum absolute atomic E-state index is 4.54. The minimum absolute atomic E-state index is 0.451. The predicted molar refractivity (Wildman–Crippen MR) is 147 cm³/mol. The number of hydrogen-bond acceptors (Lipinski definition) is 6. The zero-order valence-corrected chi connectivity index (χ0v) is 21.9. The van der Waals surface area contributed by atoms with E-state index in [0.717, 1.165) is 27.8 Å². The van der Waals surface area contributed by atoms with Gasteiger partial charge >= 0.3 is 0 Å². The average molecular weight is 732 g/mol. The van der Waals surface area contributed by atoms with Crippen LogP contribution in [0.5, 0.6) is 0 Å². The lowest BCUT2D eigenvalue weighted by molar-refractivity contribution is 1.06. The normalized spacial score (nSPS) is 10.5. The van der Waals surface area contributed by atoms with Crippen LogP contribution in [0.1, 0.15) is 0 Å². The van der Waals surface area contributed by atoms with E-state index in [1.807, 2.05) is 72.8 Å². The molecule has 1 heterocycles. The Bertz CT molecular complexity index is 974. The second-order valence-electron chi connectivity index (χ2n) is 6.20. The second kappa shape index (κ2) is 10.0. The fourth-order valence-electron chi connectivity index (χ4n) is 2.53. The number of nitrogens with one attached hydrogen (secondary N) is 3. The Morgan fingerprint density at radius 3 is 0.867 bits per heavy atom. The Labute approximate surface area is 215 Å². The molecule has 0 aliphatic carbocycles. The molecule has 0 unspecified atom stereocenters. The van der Waals surface area contributed by atoms with Crippen molar-refractivity contribution in [3.63, 3.8) is 0 Å². The maximum atomic E-state index is 4.54. The molecule has 0 amide bonds. The predicted octanol–water partition coefficient (Wildman–Crippen LogP) is 6.92. The van der Waals surface area contributed by atoms with E-state index >= 15 is 0 Å². The maximum Gasteiger partial charge on any atom is 0.233 e. The highest BCUT2D eigenvalue weighted by Gasteiger charge is 2.09. The van der Waals surface area contributed by atoms with Gasteiger partial charge in [-0.1, -0.05) is 0 Å². The SMILES string of the molecule is Ic1ccc(Nc2nc(Nc3ccc(I)cc3)nc(Nc3ccc(I)cc3)n2)cc1. The Kier molecular flexibility index (Phi) is 7.20. The smallest absolute Gasteiger partial charge is 0.233 e. The zero-order valence-electron chi connectivity index (χ0n) is 15.4. The molecule has 6 nitrogen and oxygen atoms in total. The summed E-state index contributed by atoms with van der Waals surface area (Å²) in [5, 5.41) is 9.76. The molecule has 150 valence electrons. The first kappa shape index (κ1) is 21.5. The van der Waals surface area contributed by atoms with E-state index in [1.165, 1.54) is 0 Å². The highest BCUT2D eigenvalue weighted by molar-refractivity contribution is 14.1. The molecule has 30 heavy (non-hydrogen) atoms. The Hall–Kier alpha value is -1.74. The number of halogens is 3. The van der Waals surface area contributed by atoms with E-state index in [4.69, 9.17) is 0 Å². The van der Waals surface area contributed by atoms with Crippen LogP contribution in [-0.2, 0) is 0 Å². The van der Waals surface area contributed by atoms with Gasteiger partial charge in [-0.3, -0.25) is 0 Å². The number of benzene rings is 3. The first-order chi connectivity index (χ1) is 14.5. The highest BCUT2D eigenvalue weighted by atomic mass is 127. The van der Waals surface area contributed by atoms with Crippen LogP contribution in [0.15, 0.2) is 72.8 Å². The van der Waals surface area contributed by atoms with Crippen molar-refractivity contribution in [2.24, 2.45) is 0 Å². The van der Waals surface area contributed by atoms with Crippen LogP contribution in [0.3, 0.4) is 0 Å². The Morgan fingerprint density at radius 2 is 0.633 bits per heavy atom. The van der Waals surface area contributed by atoms with Crippen molar-refractivity contribution >= 4 is 103 Å². The molecule has 0 aliphatic heterocycles. The Balaban J connectivity index is 1.64.